The third kappa shape index (κ3) is 5.36. The maximum Gasteiger partial charge on any atom is 0.573 e. The van der Waals surface area contributed by atoms with Crippen LogP contribution >= 0.6 is 15.9 Å². The predicted molar refractivity (Wildman–Crippen MR) is 106 cm³/mol. The molecular weight excluding hydrogens is 489 g/mol. The topological polar surface area (TPSA) is 85.4 Å². The summed E-state index contributed by atoms with van der Waals surface area (Å²) < 4.78 is 68.7. The highest BCUT2D eigenvalue weighted by molar-refractivity contribution is 9.10. The van der Waals surface area contributed by atoms with Gasteiger partial charge in [0.1, 0.15) is 5.75 Å². The molecule has 0 aliphatic rings. The minimum absolute atomic E-state index is 0.00984. The Morgan fingerprint density at radius 1 is 1.00 bits per heavy atom. The van der Waals surface area contributed by atoms with Gasteiger partial charge in [0, 0.05) is 28.0 Å². The van der Waals surface area contributed by atoms with Crippen LogP contribution in [0.25, 0.3) is 0 Å². The largest absolute Gasteiger partial charge is 0.573 e. The predicted octanol–water partition coefficient (Wildman–Crippen LogP) is 4.77. The van der Waals surface area contributed by atoms with E-state index in [9.17, 15) is 26.4 Å². The Hall–Kier alpha value is -2.92. The molecule has 0 saturated carbocycles. The van der Waals surface area contributed by atoms with Crippen LogP contribution in [0.5, 0.6) is 5.75 Å². The summed E-state index contributed by atoms with van der Waals surface area (Å²) in [5.41, 5.74) is 0.393. The van der Waals surface area contributed by atoms with Crippen molar-refractivity contribution in [2.45, 2.75) is 11.3 Å². The van der Waals surface area contributed by atoms with Crippen LogP contribution in [-0.2, 0) is 10.0 Å². The number of rotatable bonds is 6. The number of ether oxygens (including phenoxy) is 1. The smallest absolute Gasteiger partial charge is 0.406 e. The van der Waals surface area contributed by atoms with Gasteiger partial charge in [-0.1, -0.05) is 15.9 Å². The van der Waals surface area contributed by atoms with Gasteiger partial charge in [0.2, 0.25) is 0 Å². The fourth-order valence-corrected chi connectivity index (χ4v) is 3.92. The molecule has 0 amide bonds. The van der Waals surface area contributed by atoms with E-state index in [1.165, 1.54) is 36.7 Å². The van der Waals surface area contributed by atoms with Crippen LogP contribution in [0.15, 0.2) is 76.4 Å². The van der Waals surface area contributed by atoms with Gasteiger partial charge in [0.25, 0.3) is 10.0 Å². The van der Waals surface area contributed by atoms with Crippen molar-refractivity contribution in [2.24, 2.45) is 0 Å². The summed E-state index contributed by atoms with van der Waals surface area (Å²) >= 11 is 3.25. The van der Waals surface area contributed by atoms with Crippen LogP contribution in [0, 0.1) is 0 Å². The van der Waals surface area contributed by atoms with Crippen molar-refractivity contribution in [3.05, 3.63) is 82.6 Å². The third-order valence-electron chi connectivity index (χ3n) is 3.78. The number of halogens is 4. The summed E-state index contributed by atoms with van der Waals surface area (Å²) in [6, 6.07) is 11.1. The Bertz CT molecular complexity index is 1170. The summed E-state index contributed by atoms with van der Waals surface area (Å²) in [6.07, 6.45) is -2.03. The first-order valence-corrected chi connectivity index (χ1v) is 10.5. The lowest BCUT2D eigenvalue weighted by atomic mass is 10.0. The molecular formula is C19H12BrF3N2O4S. The van der Waals surface area contributed by atoms with E-state index in [0.717, 1.165) is 24.3 Å². The lowest BCUT2D eigenvalue weighted by molar-refractivity contribution is -0.274. The van der Waals surface area contributed by atoms with Crippen LogP contribution in [0.3, 0.4) is 0 Å². The highest BCUT2D eigenvalue weighted by Gasteiger charge is 2.31. The molecule has 0 bridgehead atoms. The highest BCUT2D eigenvalue weighted by atomic mass is 79.9. The summed E-state index contributed by atoms with van der Waals surface area (Å²) in [5, 5.41) is 0. The minimum atomic E-state index is -4.89. The molecule has 11 heteroatoms. The SMILES string of the molecule is O=C(c1ccncc1)c1cc(Br)ccc1NS(=O)(=O)c1ccc(OC(F)(F)F)cc1. The first-order chi connectivity index (χ1) is 14.0. The van der Waals surface area contributed by atoms with E-state index >= 15 is 0 Å². The van der Waals surface area contributed by atoms with Gasteiger partial charge in [0.15, 0.2) is 5.78 Å². The molecule has 6 nitrogen and oxygen atoms in total. The molecule has 0 radical (unpaired) electrons. The molecule has 0 fully saturated rings. The molecule has 1 N–H and O–H groups in total. The lowest BCUT2D eigenvalue weighted by Crippen LogP contribution is -2.18. The first kappa shape index (κ1) is 21.8. The standard InChI is InChI=1S/C19H12BrF3N2O4S/c20-13-1-6-17(16(11-13)18(26)12-7-9-24-10-8-12)25-30(27,28)15-4-2-14(3-5-15)29-19(21,22)23/h1-11,25H. The zero-order valence-corrected chi connectivity index (χ0v) is 17.3. The number of carbonyl (C=O) groups excluding carboxylic acids is 1. The van der Waals surface area contributed by atoms with Crippen molar-refractivity contribution in [3.8, 4) is 5.75 Å². The molecule has 30 heavy (non-hydrogen) atoms. The van der Waals surface area contributed by atoms with E-state index < -0.39 is 27.9 Å². The van der Waals surface area contributed by atoms with Gasteiger partial charge < -0.3 is 4.74 Å². The van der Waals surface area contributed by atoms with Gasteiger partial charge in [-0.2, -0.15) is 0 Å². The second kappa shape index (κ2) is 8.44. The summed E-state index contributed by atoms with van der Waals surface area (Å²) in [6.45, 7) is 0. The fourth-order valence-electron chi connectivity index (χ4n) is 2.48. The average molecular weight is 501 g/mol. The minimum Gasteiger partial charge on any atom is -0.406 e. The molecule has 0 spiro atoms. The number of ketones is 1. The third-order valence-corrected chi connectivity index (χ3v) is 5.66. The number of hydrogen-bond donors (Lipinski definition) is 1. The van der Waals surface area contributed by atoms with E-state index in [1.807, 2.05) is 0 Å². The second-order valence-electron chi connectivity index (χ2n) is 5.88. The van der Waals surface area contributed by atoms with Crippen molar-refractivity contribution < 1.29 is 31.1 Å². The van der Waals surface area contributed by atoms with Crippen molar-refractivity contribution >= 4 is 37.4 Å². The van der Waals surface area contributed by atoms with E-state index in [0.29, 0.717) is 10.0 Å². The zero-order valence-electron chi connectivity index (χ0n) is 14.9. The summed E-state index contributed by atoms with van der Waals surface area (Å²) in [4.78, 5) is 16.3. The van der Waals surface area contributed by atoms with Gasteiger partial charge in [0.05, 0.1) is 10.6 Å². The number of benzene rings is 2. The average Bonchev–Trinajstić information content (AvgIpc) is 2.68. The first-order valence-electron chi connectivity index (χ1n) is 8.18. The fraction of sp³-hybridized carbons (Fsp3) is 0.0526. The molecule has 3 aromatic rings. The second-order valence-corrected chi connectivity index (χ2v) is 8.48. The Labute approximate surface area is 177 Å². The molecule has 0 unspecified atom stereocenters. The summed E-state index contributed by atoms with van der Waals surface area (Å²) in [5.74, 6) is -0.996. The van der Waals surface area contributed by atoms with Crippen molar-refractivity contribution in [2.75, 3.05) is 4.72 Å². The number of pyridine rings is 1. The number of aromatic nitrogens is 1. The van der Waals surface area contributed by atoms with Crippen molar-refractivity contribution in [3.63, 3.8) is 0 Å². The number of alkyl halides is 3. The molecule has 3 rings (SSSR count). The monoisotopic (exact) mass is 500 g/mol. The number of anilines is 1. The number of carbonyl (C=O) groups is 1. The normalized spacial score (nSPS) is 11.7. The number of hydrogen-bond acceptors (Lipinski definition) is 5. The molecule has 2 aromatic carbocycles. The maximum absolute atomic E-state index is 12.8. The molecule has 156 valence electrons. The van der Waals surface area contributed by atoms with Crippen molar-refractivity contribution in [1.29, 1.82) is 0 Å². The Balaban J connectivity index is 1.91. The van der Waals surface area contributed by atoms with E-state index in [4.69, 9.17) is 0 Å². The Kier molecular flexibility index (Phi) is 6.13. The number of nitrogens with one attached hydrogen (secondary N) is 1. The van der Waals surface area contributed by atoms with Crippen LogP contribution in [0.2, 0.25) is 0 Å². The van der Waals surface area contributed by atoms with Crippen LogP contribution in [0.1, 0.15) is 15.9 Å². The van der Waals surface area contributed by atoms with Gasteiger partial charge in [-0.15, -0.1) is 13.2 Å². The molecule has 0 atom stereocenters. The van der Waals surface area contributed by atoms with Crippen LogP contribution in [0.4, 0.5) is 18.9 Å². The van der Waals surface area contributed by atoms with E-state index in [1.54, 1.807) is 6.07 Å². The summed E-state index contributed by atoms with van der Waals surface area (Å²) in [7, 11) is -4.19. The van der Waals surface area contributed by atoms with Crippen LogP contribution in [-0.4, -0.2) is 25.5 Å². The van der Waals surface area contributed by atoms with Gasteiger partial charge in [-0.3, -0.25) is 14.5 Å². The Morgan fingerprint density at radius 3 is 2.23 bits per heavy atom. The number of nitrogens with zero attached hydrogens (tertiary/aromatic N) is 1. The quantitative estimate of drug-likeness (QED) is 0.492. The molecule has 0 aliphatic heterocycles. The lowest BCUT2D eigenvalue weighted by Gasteiger charge is -2.13. The molecule has 1 heterocycles. The van der Waals surface area contributed by atoms with E-state index in [2.05, 4.69) is 30.4 Å². The zero-order chi connectivity index (χ0) is 21.9. The van der Waals surface area contributed by atoms with Crippen LogP contribution < -0.4 is 9.46 Å². The highest BCUT2D eigenvalue weighted by Crippen LogP contribution is 2.28. The van der Waals surface area contributed by atoms with Gasteiger partial charge in [-0.05, 0) is 54.6 Å². The van der Waals surface area contributed by atoms with Gasteiger partial charge >= 0.3 is 6.36 Å². The molecule has 1 aromatic heterocycles. The Morgan fingerprint density at radius 2 is 1.63 bits per heavy atom. The van der Waals surface area contributed by atoms with Crippen molar-refractivity contribution in [1.82, 2.24) is 4.98 Å². The molecule has 0 aliphatic carbocycles. The maximum atomic E-state index is 12.8. The van der Waals surface area contributed by atoms with E-state index in [-0.39, 0.29) is 16.1 Å². The van der Waals surface area contributed by atoms with Gasteiger partial charge in [-0.25, -0.2) is 8.42 Å². The molecule has 0 saturated heterocycles. The number of sulfonamides is 1.